The average molecular weight is 355 g/mol. The number of hydrogen-bond donors (Lipinski definition) is 1. The topological polar surface area (TPSA) is 86.2 Å². The van der Waals surface area contributed by atoms with Gasteiger partial charge >= 0.3 is 11.1 Å². The molecule has 0 saturated carbocycles. The Hall–Kier alpha value is -3.09. The Balaban J connectivity index is 1.86. The van der Waals surface area contributed by atoms with Crippen molar-refractivity contribution in [2.45, 2.75) is 39.4 Å². The summed E-state index contributed by atoms with van der Waals surface area (Å²) >= 11 is 0. The maximum Gasteiger partial charge on any atom is 0.317 e. The monoisotopic (exact) mass is 355 g/mol. The number of aryl methyl sites for hydroxylation is 1. The van der Waals surface area contributed by atoms with E-state index in [0.717, 1.165) is 5.76 Å². The number of furan rings is 1. The van der Waals surface area contributed by atoms with Crippen LogP contribution in [0.2, 0.25) is 0 Å². The molecule has 0 unspecified atom stereocenters. The van der Waals surface area contributed by atoms with Crippen LogP contribution in [-0.4, -0.2) is 21.1 Å². The number of amides is 1. The summed E-state index contributed by atoms with van der Waals surface area (Å²) in [5.41, 5.74) is -0.120. The summed E-state index contributed by atoms with van der Waals surface area (Å²) < 4.78 is 7.93. The predicted molar refractivity (Wildman–Crippen MR) is 98.2 cm³/mol. The Morgan fingerprint density at radius 3 is 2.35 bits per heavy atom. The lowest BCUT2D eigenvalue weighted by Crippen LogP contribution is -2.45. The minimum absolute atomic E-state index is 0.161. The first-order valence-corrected chi connectivity index (χ1v) is 8.55. The second-order valence-corrected chi connectivity index (χ2v) is 6.18. The number of para-hydroxylation sites is 2. The number of carbonyl (C=O) groups is 1. The summed E-state index contributed by atoms with van der Waals surface area (Å²) in [7, 11) is 0. The fourth-order valence-electron chi connectivity index (χ4n) is 3.09. The number of carbonyl (C=O) groups excluding carboxylic acids is 1. The second kappa shape index (κ2) is 7.43. The minimum Gasteiger partial charge on any atom is -0.469 e. The van der Waals surface area contributed by atoms with Gasteiger partial charge in [0.05, 0.1) is 17.3 Å². The molecule has 0 bridgehead atoms. The van der Waals surface area contributed by atoms with E-state index in [4.69, 9.17) is 4.42 Å². The normalized spacial score (nSPS) is 12.2. The number of rotatable bonds is 6. The number of hydrogen-bond acceptors (Lipinski definition) is 4. The molecule has 1 N–H and O–H groups in total. The van der Waals surface area contributed by atoms with Crippen LogP contribution in [0, 0.1) is 0 Å². The molecule has 7 nitrogen and oxygen atoms in total. The Morgan fingerprint density at radius 1 is 1.08 bits per heavy atom. The van der Waals surface area contributed by atoms with E-state index in [-0.39, 0.29) is 18.5 Å². The van der Waals surface area contributed by atoms with Gasteiger partial charge in [0.25, 0.3) is 0 Å². The van der Waals surface area contributed by atoms with E-state index in [2.05, 4.69) is 5.32 Å². The molecule has 0 aliphatic heterocycles. The van der Waals surface area contributed by atoms with E-state index >= 15 is 0 Å². The first kappa shape index (κ1) is 17.7. The van der Waals surface area contributed by atoms with Crippen molar-refractivity contribution in [3.63, 3.8) is 0 Å². The summed E-state index contributed by atoms with van der Waals surface area (Å²) in [4.78, 5) is 37.2. The molecule has 0 radical (unpaired) electrons. The number of benzene rings is 1. The molecule has 0 spiro atoms. The van der Waals surface area contributed by atoms with Crippen molar-refractivity contribution in [1.29, 1.82) is 0 Å². The third-order valence-corrected chi connectivity index (χ3v) is 4.25. The van der Waals surface area contributed by atoms with Gasteiger partial charge in [0.1, 0.15) is 12.3 Å². The summed E-state index contributed by atoms with van der Waals surface area (Å²) in [5.74, 6) is 0.441. The highest BCUT2D eigenvalue weighted by Crippen LogP contribution is 2.10. The Labute approximate surface area is 149 Å². The molecule has 2 aromatic heterocycles. The van der Waals surface area contributed by atoms with Crippen molar-refractivity contribution >= 4 is 16.9 Å². The van der Waals surface area contributed by atoms with Crippen LogP contribution in [0.4, 0.5) is 0 Å². The predicted octanol–water partition coefficient (Wildman–Crippen LogP) is 1.52. The van der Waals surface area contributed by atoms with Crippen LogP contribution in [0.15, 0.2) is 56.7 Å². The first-order valence-electron chi connectivity index (χ1n) is 8.55. The lowest BCUT2D eigenvalue weighted by atomic mass is 10.2. The van der Waals surface area contributed by atoms with Crippen LogP contribution in [-0.2, 0) is 24.3 Å². The van der Waals surface area contributed by atoms with Crippen LogP contribution in [0.3, 0.4) is 0 Å². The van der Waals surface area contributed by atoms with E-state index < -0.39 is 11.1 Å². The van der Waals surface area contributed by atoms with Gasteiger partial charge in [-0.2, -0.15) is 0 Å². The third-order valence-electron chi connectivity index (χ3n) is 4.25. The number of fused-ring (bicyclic) bond motifs is 1. The van der Waals surface area contributed by atoms with Crippen molar-refractivity contribution in [1.82, 2.24) is 14.5 Å². The van der Waals surface area contributed by atoms with Gasteiger partial charge in [-0.15, -0.1) is 0 Å². The molecular formula is C19H21N3O4. The van der Waals surface area contributed by atoms with E-state index in [1.165, 1.54) is 9.13 Å². The Bertz CT molecular complexity index is 1030. The Kier molecular flexibility index (Phi) is 5.06. The van der Waals surface area contributed by atoms with Crippen molar-refractivity contribution in [2.75, 3.05) is 0 Å². The van der Waals surface area contributed by atoms with E-state index in [9.17, 15) is 14.4 Å². The molecule has 1 aromatic carbocycles. The molecule has 26 heavy (non-hydrogen) atoms. The molecule has 2 heterocycles. The van der Waals surface area contributed by atoms with Crippen LogP contribution < -0.4 is 16.4 Å². The van der Waals surface area contributed by atoms with Gasteiger partial charge in [-0.05, 0) is 38.1 Å². The molecule has 7 heteroatoms. The van der Waals surface area contributed by atoms with Gasteiger partial charge in [0.15, 0.2) is 0 Å². The van der Waals surface area contributed by atoms with Crippen LogP contribution in [0.5, 0.6) is 0 Å². The SMILES string of the molecule is CCn1c(=O)c(=O)n(CC(=O)N[C@H](C)Cc2ccco2)c2ccccc21. The van der Waals surface area contributed by atoms with E-state index in [1.807, 2.05) is 13.0 Å². The van der Waals surface area contributed by atoms with Crippen LogP contribution in [0.25, 0.3) is 11.0 Å². The summed E-state index contributed by atoms with van der Waals surface area (Å²) in [6.07, 6.45) is 2.13. The number of nitrogens with zero attached hydrogens (tertiary/aromatic N) is 2. The average Bonchev–Trinajstić information content (AvgIpc) is 3.12. The summed E-state index contributed by atoms with van der Waals surface area (Å²) in [6, 6.07) is 10.6. The van der Waals surface area contributed by atoms with Gasteiger partial charge < -0.3 is 14.3 Å². The molecule has 1 amide bonds. The number of nitrogens with one attached hydrogen (secondary N) is 1. The van der Waals surface area contributed by atoms with Crippen LogP contribution in [0.1, 0.15) is 19.6 Å². The molecule has 3 aromatic rings. The van der Waals surface area contributed by atoms with Crippen molar-refractivity contribution < 1.29 is 9.21 Å². The maximum absolute atomic E-state index is 12.5. The maximum atomic E-state index is 12.5. The lowest BCUT2D eigenvalue weighted by Gasteiger charge is -2.16. The molecule has 1 atom stereocenters. The van der Waals surface area contributed by atoms with Crippen molar-refractivity contribution in [3.8, 4) is 0 Å². The fraction of sp³-hybridized carbons (Fsp3) is 0.316. The lowest BCUT2D eigenvalue weighted by molar-refractivity contribution is -0.122. The van der Waals surface area contributed by atoms with Crippen LogP contribution >= 0.6 is 0 Å². The van der Waals surface area contributed by atoms with E-state index in [1.54, 1.807) is 43.5 Å². The molecule has 0 aliphatic carbocycles. The standard InChI is InChI=1S/C19H21N3O4/c1-3-21-15-8-4-5-9-16(15)22(19(25)18(21)24)12-17(23)20-13(2)11-14-7-6-10-26-14/h4-10,13H,3,11-12H2,1-2H3,(H,20,23)/t13-/m1/s1. The van der Waals surface area contributed by atoms with Crippen molar-refractivity contribution in [3.05, 3.63) is 69.1 Å². The molecule has 136 valence electrons. The highest BCUT2D eigenvalue weighted by Gasteiger charge is 2.16. The van der Waals surface area contributed by atoms with Crippen molar-refractivity contribution in [2.24, 2.45) is 0 Å². The highest BCUT2D eigenvalue weighted by atomic mass is 16.3. The largest absolute Gasteiger partial charge is 0.469 e. The third kappa shape index (κ3) is 3.46. The molecule has 3 rings (SSSR count). The van der Waals surface area contributed by atoms with Gasteiger partial charge in [-0.1, -0.05) is 12.1 Å². The number of aromatic nitrogens is 2. The van der Waals surface area contributed by atoms with Gasteiger partial charge in [0.2, 0.25) is 5.91 Å². The summed E-state index contributed by atoms with van der Waals surface area (Å²) in [5, 5.41) is 2.84. The Morgan fingerprint density at radius 2 is 1.73 bits per heavy atom. The summed E-state index contributed by atoms with van der Waals surface area (Å²) in [6.45, 7) is 3.85. The smallest absolute Gasteiger partial charge is 0.317 e. The zero-order valence-electron chi connectivity index (χ0n) is 14.8. The molecule has 0 aliphatic rings. The quantitative estimate of drug-likeness (QED) is 0.679. The first-order chi connectivity index (χ1) is 12.5. The molecular weight excluding hydrogens is 334 g/mol. The zero-order valence-corrected chi connectivity index (χ0v) is 14.8. The zero-order chi connectivity index (χ0) is 18.7. The van der Waals surface area contributed by atoms with Gasteiger partial charge in [0, 0.05) is 19.0 Å². The van der Waals surface area contributed by atoms with Gasteiger partial charge in [-0.3, -0.25) is 19.0 Å². The second-order valence-electron chi connectivity index (χ2n) is 6.18. The molecule has 0 saturated heterocycles. The van der Waals surface area contributed by atoms with E-state index in [0.29, 0.717) is 24.0 Å². The minimum atomic E-state index is -0.695. The van der Waals surface area contributed by atoms with Gasteiger partial charge in [-0.25, -0.2) is 0 Å². The highest BCUT2D eigenvalue weighted by molar-refractivity contribution is 5.80. The fourth-order valence-corrected chi connectivity index (χ4v) is 3.09. The molecule has 0 fully saturated rings.